The molecule has 4 aromatic heterocycles. The second-order valence-corrected chi connectivity index (χ2v) is 18.5. The van der Waals surface area contributed by atoms with E-state index >= 15 is 0 Å². The molecule has 14 aromatic rings. The number of fused-ring (bicyclic) bond motifs is 12. The van der Waals surface area contributed by atoms with Crippen LogP contribution in [0.25, 0.3) is 130 Å². The summed E-state index contributed by atoms with van der Waals surface area (Å²) in [4.78, 5) is 0. The molecular weight excluding hydrogens is 849 g/mol. The lowest BCUT2D eigenvalue weighted by Crippen LogP contribution is -1.98. The molecule has 314 valence electrons. The predicted octanol–water partition coefficient (Wildman–Crippen LogP) is 16.9. The van der Waals surface area contributed by atoms with Crippen LogP contribution in [0, 0.1) is 22.7 Å². The van der Waals surface area contributed by atoms with Crippen molar-refractivity contribution in [1.29, 1.82) is 10.5 Å². The van der Waals surface area contributed by atoms with Crippen LogP contribution in [0.3, 0.4) is 0 Å². The van der Waals surface area contributed by atoms with E-state index in [1.165, 1.54) is 20.2 Å². The van der Waals surface area contributed by atoms with Gasteiger partial charge in [-0.05, 0) is 125 Å². The molecule has 0 bridgehead atoms. The monoisotopic (exact) mass is 882 g/mol. The summed E-state index contributed by atoms with van der Waals surface area (Å²) in [6, 6.07) is 77.7. The molecule has 14 rings (SSSR count). The Balaban J connectivity index is 0.969. The van der Waals surface area contributed by atoms with Gasteiger partial charge in [0.15, 0.2) is 0 Å². The van der Waals surface area contributed by atoms with Crippen LogP contribution in [0.4, 0.5) is 0 Å². The van der Waals surface area contributed by atoms with E-state index in [1.807, 2.05) is 42.5 Å². The highest BCUT2D eigenvalue weighted by Gasteiger charge is 2.21. The van der Waals surface area contributed by atoms with E-state index in [4.69, 9.17) is 4.42 Å². The SMILES string of the molecule is N#Cc1ccc2sc3ccc(-c4ccccc4-n4c5ccccc5c5cc(-c6ccc(-n7c8ccccc8c8c(C#N)cccc87)c(-c7ccc8oc9ccccc9c8c7)c6)ccc54)cc3c2c1. The Labute approximate surface area is 393 Å². The summed E-state index contributed by atoms with van der Waals surface area (Å²) in [6.45, 7) is 0. The second kappa shape index (κ2) is 14.7. The molecule has 0 saturated heterocycles. The molecule has 0 aliphatic rings. The van der Waals surface area contributed by atoms with E-state index in [9.17, 15) is 10.5 Å². The summed E-state index contributed by atoms with van der Waals surface area (Å²) in [6.07, 6.45) is 0. The summed E-state index contributed by atoms with van der Waals surface area (Å²) in [7, 11) is 0. The van der Waals surface area contributed by atoms with Gasteiger partial charge in [0.05, 0.1) is 56.7 Å². The maximum atomic E-state index is 10.3. The third kappa shape index (κ3) is 5.59. The van der Waals surface area contributed by atoms with Gasteiger partial charge in [0.1, 0.15) is 11.2 Å². The number of benzene rings is 10. The number of hydrogen-bond acceptors (Lipinski definition) is 4. The largest absolute Gasteiger partial charge is 0.456 e. The first-order chi connectivity index (χ1) is 33.6. The Bertz CT molecular complexity index is 4550. The second-order valence-electron chi connectivity index (χ2n) is 17.4. The third-order valence-corrected chi connectivity index (χ3v) is 15.0. The minimum absolute atomic E-state index is 0.657. The molecule has 0 aliphatic heterocycles. The zero-order valence-corrected chi connectivity index (χ0v) is 37.1. The van der Waals surface area contributed by atoms with E-state index < -0.39 is 0 Å². The van der Waals surface area contributed by atoms with Gasteiger partial charge in [-0.1, -0.05) is 103 Å². The van der Waals surface area contributed by atoms with Gasteiger partial charge in [-0.15, -0.1) is 11.3 Å². The normalized spacial score (nSPS) is 11.8. The number of hydrogen-bond donors (Lipinski definition) is 0. The molecule has 0 saturated carbocycles. The summed E-state index contributed by atoms with van der Waals surface area (Å²) >= 11 is 1.76. The van der Waals surface area contributed by atoms with Crippen LogP contribution in [0.5, 0.6) is 0 Å². The third-order valence-electron chi connectivity index (χ3n) is 13.8. The van der Waals surface area contributed by atoms with Crippen molar-refractivity contribution in [3.63, 3.8) is 0 Å². The van der Waals surface area contributed by atoms with Crippen molar-refractivity contribution >= 4 is 97.1 Å². The summed E-state index contributed by atoms with van der Waals surface area (Å²) in [5.41, 5.74) is 16.0. The van der Waals surface area contributed by atoms with Crippen molar-refractivity contribution in [2.45, 2.75) is 0 Å². The molecule has 0 atom stereocenters. The molecule has 10 aromatic carbocycles. The fraction of sp³-hybridized carbons (Fsp3) is 0. The Morgan fingerprint density at radius 2 is 0.956 bits per heavy atom. The van der Waals surface area contributed by atoms with Gasteiger partial charge in [0, 0.05) is 63.6 Å². The molecule has 5 nitrogen and oxygen atoms in total. The average Bonchev–Trinajstić information content (AvgIpc) is 4.15. The molecule has 4 heterocycles. The first-order valence-corrected chi connectivity index (χ1v) is 23.4. The Hall–Kier alpha value is -9.20. The number of rotatable bonds is 5. The number of furan rings is 1. The van der Waals surface area contributed by atoms with Crippen LogP contribution in [0.2, 0.25) is 0 Å². The van der Waals surface area contributed by atoms with Crippen LogP contribution in [-0.4, -0.2) is 9.13 Å². The minimum Gasteiger partial charge on any atom is -0.456 e. The Morgan fingerprint density at radius 3 is 1.82 bits per heavy atom. The minimum atomic E-state index is 0.657. The quantitative estimate of drug-likeness (QED) is 0.173. The highest BCUT2D eigenvalue weighted by molar-refractivity contribution is 7.25. The van der Waals surface area contributed by atoms with Crippen LogP contribution < -0.4 is 0 Å². The lowest BCUT2D eigenvalue weighted by Gasteiger charge is -2.17. The van der Waals surface area contributed by atoms with Gasteiger partial charge >= 0.3 is 0 Å². The van der Waals surface area contributed by atoms with Crippen LogP contribution >= 0.6 is 11.3 Å². The average molecular weight is 883 g/mol. The van der Waals surface area contributed by atoms with Crippen LogP contribution in [-0.2, 0) is 0 Å². The molecule has 0 radical (unpaired) electrons. The standard InChI is InChI=1S/C62H34N4OS/c63-35-37-20-28-60-50(30-37)51-34-40(24-29-61(51)68-60)43-11-1-5-15-52(43)65-53-16-6-2-12-44(53)48-32-39(22-26-56(48)65)38-21-25-55(66-54-17-7-3-14-46(54)62-42(36-64)10-9-18-57(62)66)47(31-38)41-23-27-59-49(33-41)45-13-4-8-19-58(45)67-59/h1-34H. The first-order valence-electron chi connectivity index (χ1n) is 22.6. The topological polar surface area (TPSA) is 70.6 Å². The van der Waals surface area contributed by atoms with Crippen LogP contribution in [0.15, 0.2) is 211 Å². The van der Waals surface area contributed by atoms with Crippen molar-refractivity contribution in [1.82, 2.24) is 9.13 Å². The first kappa shape index (κ1) is 38.1. The maximum Gasteiger partial charge on any atom is 0.135 e. The predicted molar refractivity (Wildman–Crippen MR) is 281 cm³/mol. The van der Waals surface area contributed by atoms with Gasteiger partial charge in [0.25, 0.3) is 0 Å². The Kier molecular flexibility index (Phi) is 8.21. The van der Waals surface area contributed by atoms with Crippen molar-refractivity contribution in [2.24, 2.45) is 0 Å². The fourth-order valence-corrected chi connectivity index (χ4v) is 11.8. The van der Waals surface area contributed by atoms with E-state index in [1.54, 1.807) is 11.3 Å². The molecule has 6 heteroatoms. The molecular formula is C62H34N4OS. The number of nitrogens with zero attached hydrogens (tertiary/aromatic N) is 4. The number of para-hydroxylation sites is 4. The molecule has 68 heavy (non-hydrogen) atoms. The number of thiophene rings is 1. The van der Waals surface area contributed by atoms with E-state index in [0.29, 0.717) is 11.1 Å². The molecule has 0 aliphatic carbocycles. The zero-order valence-electron chi connectivity index (χ0n) is 36.2. The highest BCUT2D eigenvalue weighted by atomic mass is 32.1. The lowest BCUT2D eigenvalue weighted by molar-refractivity contribution is 0.669. The summed E-state index contributed by atoms with van der Waals surface area (Å²) in [5.74, 6) is 0. The van der Waals surface area contributed by atoms with Gasteiger partial charge in [0.2, 0.25) is 0 Å². The maximum absolute atomic E-state index is 10.3. The highest BCUT2D eigenvalue weighted by Crippen LogP contribution is 2.44. The van der Waals surface area contributed by atoms with E-state index in [2.05, 4.69) is 185 Å². The molecule has 0 unspecified atom stereocenters. The van der Waals surface area contributed by atoms with E-state index in [-0.39, 0.29) is 0 Å². The fourth-order valence-electron chi connectivity index (χ4n) is 10.7. The molecule has 0 N–H and O–H groups in total. The number of nitriles is 2. The van der Waals surface area contributed by atoms with Crippen molar-refractivity contribution in [3.8, 4) is 56.9 Å². The molecule has 0 spiro atoms. The van der Waals surface area contributed by atoms with Gasteiger partial charge < -0.3 is 13.6 Å². The Morgan fingerprint density at radius 1 is 0.368 bits per heavy atom. The van der Waals surface area contributed by atoms with Gasteiger partial charge in [-0.3, -0.25) is 0 Å². The smallest absolute Gasteiger partial charge is 0.135 e. The van der Waals surface area contributed by atoms with Crippen molar-refractivity contribution in [3.05, 3.63) is 217 Å². The molecule has 0 amide bonds. The van der Waals surface area contributed by atoms with Gasteiger partial charge in [-0.2, -0.15) is 10.5 Å². The zero-order chi connectivity index (χ0) is 45.0. The van der Waals surface area contributed by atoms with E-state index in [0.717, 1.165) is 110 Å². The number of aromatic nitrogens is 2. The molecule has 0 fully saturated rings. The van der Waals surface area contributed by atoms with Crippen molar-refractivity contribution < 1.29 is 4.42 Å². The summed E-state index contributed by atoms with van der Waals surface area (Å²) in [5, 5.41) is 28.8. The van der Waals surface area contributed by atoms with Crippen LogP contribution in [0.1, 0.15) is 11.1 Å². The van der Waals surface area contributed by atoms with Crippen molar-refractivity contribution in [2.75, 3.05) is 0 Å². The summed E-state index contributed by atoms with van der Waals surface area (Å²) < 4.78 is 13.4. The lowest BCUT2D eigenvalue weighted by atomic mass is 9.95. The van der Waals surface area contributed by atoms with Gasteiger partial charge in [-0.25, -0.2) is 0 Å².